The predicted octanol–water partition coefficient (Wildman–Crippen LogP) is 3.90. The lowest BCUT2D eigenvalue weighted by molar-refractivity contribution is 0.297. The number of rotatable bonds is 4. The third-order valence-corrected chi connectivity index (χ3v) is 3.95. The molecule has 0 aliphatic carbocycles. The van der Waals surface area contributed by atoms with Crippen LogP contribution in [0.2, 0.25) is 0 Å². The molecule has 6 nitrogen and oxygen atoms in total. The van der Waals surface area contributed by atoms with Gasteiger partial charge in [0.1, 0.15) is 17.8 Å². The van der Waals surface area contributed by atoms with Crippen molar-refractivity contribution in [3.63, 3.8) is 0 Å². The van der Waals surface area contributed by atoms with Crippen LogP contribution in [0.25, 0.3) is 0 Å². The van der Waals surface area contributed by atoms with Crippen LogP contribution in [0, 0.1) is 22.7 Å². The molecular formula is C16H14Br2N4O2. The van der Waals surface area contributed by atoms with E-state index in [1.165, 1.54) is 12.1 Å². The van der Waals surface area contributed by atoms with Gasteiger partial charge in [0.25, 0.3) is 0 Å². The molecule has 0 unspecified atom stereocenters. The Morgan fingerprint density at radius 1 is 1.17 bits per heavy atom. The molecular weight excluding hydrogens is 440 g/mol. The average molecular weight is 454 g/mol. The van der Waals surface area contributed by atoms with Crippen molar-refractivity contribution < 1.29 is 4.74 Å². The molecule has 0 amide bonds. The number of aromatic nitrogens is 2. The Morgan fingerprint density at radius 2 is 1.88 bits per heavy atom. The Labute approximate surface area is 156 Å². The molecule has 0 atom stereocenters. The number of ether oxygens (including phenoxy) is 1. The third kappa shape index (κ3) is 6.53. The summed E-state index contributed by atoms with van der Waals surface area (Å²) in [6.07, 6.45) is 2.08. The van der Waals surface area contributed by atoms with Gasteiger partial charge < -0.3 is 9.72 Å². The maximum absolute atomic E-state index is 10.6. The van der Waals surface area contributed by atoms with E-state index in [1.807, 2.05) is 12.1 Å². The largest absolute Gasteiger partial charge is 0.478 e. The monoisotopic (exact) mass is 452 g/mol. The first-order chi connectivity index (χ1) is 11.5. The fourth-order valence-corrected chi connectivity index (χ4v) is 2.07. The fraction of sp³-hybridized carbons (Fsp3) is 0.250. The number of hydrogen-bond acceptors (Lipinski definition) is 5. The molecule has 2 aromatic rings. The van der Waals surface area contributed by atoms with Crippen LogP contribution in [0.5, 0.6) is 5.88 Å². The zero-order chi connectivity index (χ0) is 17.9. The maximum Gasteiger partial charge on any atom is 0.248 e. The number of nitrogens with zero attached hydrogens (tertiary/aromatic N) is 3. The van der Waals surface area contributed by atoms with Crippen LogP contribution >= 0.6 is 31.9 Å². The van der Waals surface area contributed by atoms with E-state index in [4.69, 9.17) is 15.3 Å². The second kappa shape index (κ2) is 10.6. The summed E-state index contributed by atoms with van der Waals surface area (Å²) >= 11 is 6.33. The third-order valence-electron chi connectivity index (χ3n) is 2.65. The van der Waals surface area contributed by atoms with E-state index < -0.39 is 0 Å². The number of pyridine rings is 2. The van der Waals surface area contributed by atoms with E-state index in [2.05, 4.69) is 48.8 Å². The highest BCUT2D eigenvalue weighted by atomic mass is 79.9. The van der Waals surface area contributed by atoms with E-state index >= 15 is 0 Å². The minimum Gasteiger partial charge on any atom is -0.478 e. The van der Waals surface area contributed by atoms with Crippen molar-refractivity contribution in [2.75, 3.05) is 6.61 Å². The Hall–Kier alpha value is -2.16. The molecule has 0 saturated heterocycles. The SMILES string of the molecule is CCCCOc1ccc(Br)c(C#N)n1.N#Cc1[nH]c(=O)ccc1Br. The Kier molecular flexibility index (Phi) is 8.77. The second-order valence-electron chi connectivity index (χ2n) is 4.45. The van der Waals surface area contributed by atoms with Gasteiger partial charge in [-0.25, -0.2) is 4.98 Å². The minimum absolute atomic E-state index is 0.257. The zero-order valence-electron chi connectivity index (χ0n) is 12.8. The quantitative estimate of drug-likeness (QED) is 0.707. The normalized spacial score (nSPS) is 9.21. The van der Waals surface area contributed by atoms with Crippen molar-refractivity contribution in [3.8, 4) is 18.0 Å². The smallest absolute Gasteiger partial charge is 0.248 e. The molecule has 2 heterocycles. The maximum atomic E-state index is 10.6. The van der Waals surface area contributed by atoms with Crippen LogP contribution < -0.4 is 10.3 Å². The summed E-state index contributed by atoms with van der Waals surface area (Å²) in [6, 6.07) is 10.2. The van der Waals surface area contributed by atoms with Crippen LogP contribution in [-0.2, 0) is 0 Å². The molecule has 0 aliphatic rings. The van der Waals surface area contributed by atoms with E-state index in [9.17, 15) is 4.79 Å². The van der Waals surface area contributed by atoms with Crippen molar-refractivity contribution in [1.29, 1.82) is 10.5 Å². The van der Waals surface area contributed by atoms with Crippen molar-refractivity contribution in [3.05, 3.63) is 55.0 Å². The van der Waals surface area contributed by atoms with Crippen LogP contribution in [0.1, 0.15) is 31.2 Å². The number of halogens is 2. The number of nitrogens with one attached hydrogen (secondary N) is 1. The summed E-state index contributed by atoms with van der Waals surface area (Å²) < 4.78 is 6.66. The molecule has 0 aromatic carbocycles. The summed E-state index contributed by atoms with van der Waals surface area (Å²) in [4.78, 5) is 17.0. The van der Waals surface area contributed by atoms with Gasteiger partial charge in [0, 0.05) is 12.1 Å². The molecule has 2 rings (SSSR count). The number of hydrogen-bond donors (Lipinski definition) is 1. The molecule has 0 aliphatic heterocycles. The highest BCUT2D eigenvalue weighted by Crippen LogP contribution is 2.17. The molecule has 24 heavy (non-hydrogen) atoms. The van der Waals surface area contributed by atoms with Crippen LogP contribution in [0.4, 0.5) is 0 Å². The summed E-state index contributed by atoms with van der Waals surface area (Å²) in [6.45, 7) is 2.75. The second-order valence-corrected chi connectivity index (χ2v) is 6.16. The molecule has 0 saturated carbocycles. The number of unbranched alkanes of at least 4 members (excludes halogenated alkanes) is 1. The summed E-state index contributed by atoms with van der Waals surface area (Å²) in [5.41, 5.74) is 0.353. The fourth-order valence-electron chi connectivity index (χ4n) is 1.44. The van der Waals surface area contributed by atoms with Crippen molar-refractivity contribution in [2.45, 2.75) is 19.8 Å². The first kappa shape index (κ1) is 19.9. The van der Waals surface area contributed by atoms with Crippen LogP contribution in [0.3, 0.4) is 0 Å². The molecule has 0 spiro atoms. The van der Waals surface area contributed by atoms with Gasteiger partial charge in [-0.05, 0) is 50.4 Å². The highest BCUT2D eigenvalue weighted by molar-refractivity contribution is 9.10. The molecule has 0 fully saturated rings. The highest BCUT2D eigenvalue weighted by Gasteiger charge is 2.02. The average Bonchev–Trinajstić information content (AvgIpc) is 2.59. The van der Waals surface area contributed by atoms with Gasteiger partial charge in [-0.15, -0.1) is 0 Å². The lowest BCUT2D eigenvalue weighted by atomic mass is 10.3. The van der Waals surface area contributed by atoms with E-state index in [1.54, 1.807) is 12.1 Å². The van der Waals surface area contributed by atoms with Gasteiger partial charge in [-0.1, -0.05) is 13.3 Å². The van der Waals surface area contributed by atoms with Gasteiger partial charge >= 0.3 is 0 Å². The lowest BCUT2D eigenvalue weighted by Gasteiger charge is -2.04. The van der Waals surface area contributed by atoms with Crippen LogP contribution in [-0.4, -0.2) is 16.6 Å². The van der Waals surface area contributed by atoms with E-state index in [-0.39, 0.29) is 11.3 Å². The summed E-state index contributed by atoms with van der Waals surface area (Å²) in [7, 11) is 0. The Bertz CT molecular complexity index is 822. The molecule has 2 aromatic heterocycles. The number of nitriles is 2. The molecule has 124 valence electrons. The Balaban J connectivity index is 0.000000254. The first-order valence-corrected chi connectivity index (χ1v) is 8.58. The zero-order valence-corrected chi connectivity index (χ0v) is 16.0. The van der Waals surface area contributed by atoms with Crippen LogP contribution in [0.15, 0.2) is 38.0 Å². The molecule has 1 N–H and O–H groups in total. The topological polar surface area (TPSA) is 103 Å². The minimum atomic E-state index is -0.264. The van der Waals surface area contributed by atoms with E-state index in [0.717, 1.165) is 12.8 Å². The first-order valence-electron chi connectivity index (χ1n) is 7.00. The molecule has 0 radical (unpaired) electrons. The van der Waals surface area contributed by atoms with Gasteiger partial charge in [-0.2, -0.15) is 10.5 Å². The summed E-state index contributed by atoms with van der Waals surface area (Å²) in [5, 5.41) is 17.1. The standard InChI is InChI=1S/C10H11BrN2O.C6H3BrN2O/c1-2-3-6-14-10-5-4-8(11)9(7-12)13-10;7-4-1-2-6(10)9-5(4)3-8/h4-5H,2-3,6H2,1H3;1-2H,(H,9,10). The van der Waals surface area contributed by atoms with Gasteiger partial charge in [0.05, 0.1) is 15.6 Å². The summed E-state index contributed by atoms with van der Waals surface area (Å²) in [5.74, 6) is 0.512. The van der Waals surface area contributed by atoms with Gasteiger partial charge in [0.15, 0.2) is 5.69 Å². The van der Waals surface area contributed by atoms with Gasteiger partial charge in [0.2, 0.25) is 11.4 Å². The van der Waals surface area contributed by atoms with Crippen molar-refractivity contribution in [1.82, 2.24) is 9.97 Å². The molecule has 8 heteroatoms. The number of H-pyrrole nitrogens is 1. The number of aromatic amines is 1. The molecule has 0 bridgehead atoms. The van der Waals surface area contributed by atoms with E-state index in [0.29, 0.717) is 27.1 Å². The van der Waals surface area contributed by atoms with Crippen molar-refractivity contribution in [2.24, 2.45) is 0 Å². The Morgan fingerprint density at radius 3 is 2.46 bits per heavy atom. The van der Waals surface area contributed by atoms with Crippen molar-refractivity contribution >= 4 is 31.9 Å². The van der Waals surface area contributed by atoms with Gasteiger partial charge in [-0.3, -0.25) is 4.79 Å². The lowest BCUT2D eigenvalue weighted by Crippen LogP contribution is -2.04. The predicted molar refractivity (Wildman–Crippen MR) is 96.5 cm³/mol.